The predicted octanol–water partition coefficient (Wildman–Crippen LogP) is 1.77. The van der Waals surface area contributed by atoms with Crippen LogP contribution in [0.5, 0.6) is 0 Å². The lowest BCUT2D eigenvalue weighted by atomic mass is 9.97. The number of anilines is 1. The number of nitriles is 1. The molecule has 3 heterocycles. The van der Waals surface area contributed by atoms with Crippen LogP contribution in [-0.2, 0) is 7.05 Å². The first-order chi connectivity index (χ1) is 10.7. The Kier molecular flexibility index (Phi) is 4.55. The van der Waals surface area contributed by atoms with Gasteiger partial charge in [-0.2, -0.15) is 10.4 Å². The molecule has 0 amide bonds. The highest BCUT2D eigenvalue weighted by atomic mass is 79.9. The minimum absolute atomic E-state index is 0.537. The summed E-state index contributed by atoms with van der Waals surface area (Å²) in [5.41, 5.74) is 0.813. The third kappa shape index (κ3) is 3.05. The molecule has 2 aromatic rings. The summed E-state index contributed by atoms with van der Waals surface area (Å²) in [4.78, 5) is 10.8. The predicted molar refractivity (Wildman–Crippen MR) is 87.3 cm³/mol. The molecular formula is C14H18BrN7. The first-order valence-electron chi connectivity index (χ1n) is 7.35. The lowest BCUT2D eigenvalue weighted by Gasteiger charge is -2.30. The maximum absolute atomic E-state index is 8.73. The van der Waals surface area contributed by atoms with E-state index in [1.54, 1.807) is 11.0 Å². The molecule has 8 heteroatoms. The van der Waals surface area contributed by atoms with Crippen molar-refractivity contribution in [3.05, 3.63) is 10.9 Å². The molecule has 0 unspecified atom stereocenters. The van der Waals surface area contributed by atoms with Gasteiger partial charge in [0.25, 0.3) is 0 Å². The van der Waals surface area contributed by atoms with Gasteiger partial charge in [0.05, 0.1) is 18.0 Å². The standard InChI is InChI=1S/C14H18BrN7/c1-21-14-11(12(15)20-21)13(18-9-19-14)17-8-10-2-5-22(6-3-10)7-4-16/h9-10H,2-3,5-8H2,1H3,(H,17,18,19). The van der Waals surface area contributed by atoms with Gasteiger partial charge < -0.3 is 5.32 Å². The molecule has 1 saturated heterocycles. The van der Waals surface area contributed by atoms with Crippen molar-refractivity contribution in [1.29, 1.82) is 5.26 Å². The lowest BCUT2D eigenvalue weighted by Crippen LogP contribution is -2.36. The first-order valence-corrected chi connectivity index (χ1v) is 8.14. The van der Waals surface area contributed by atoms with Crippen molar-refractivity contribution in [3.8, 4) is 6.07 Å². The molecule has 0 aromatic carbocycles. The maximum atomic E-state index is 8.73. The Morgan fingerprint density at radius 2 is 2.18 bits per heavy atom. The third-order valence-corrected chi connectivity index (χ3v) is 4.69. The fraction of sp³-hybridized carbons (Fsp3) is 0.571. The van der Waals surface area contributed by atoms with E-state index in [2.05, 4.69) is 47.3 Å². The van der Waals surface area contributed by atoms with Gasteiger partial charge in [-0.1, -0.05) is 0 Å². The van der Waals surface area contributed by atoms with Crippen LogP contribution in [0.15, 0.2) is 10.9 Å². The van der Waals surface area contributed by atoms with E-state index in [1.807, 2.05) is 7.05 Å². The molecule has 0 bridgehead atoms. The fourth-order valence-corrected chi connectivity index (χ4v) is 3.47. The summed E-state index contributed by atoms with van der Waals surface area (Å²) in [5.74, 6) is 1.43. The van der Waals surface area contributed by atoms with Crippen LogP contribution < -0.4 is 5.32 Å². The number of nitrogens with zero attached hydrogens (tertiary/aromatic N) is 6. The minimum atomic E-state index is 0.537. The van der Waals surface area contributed by atoms with Gasteiger partial charge >= 0.3 is 0 Å². The van der Waals surface area contributed by atoms with E-state index in [1.165, 1.54) is 0 Å². The van der Waals surface area contributed by atoms with Crippen LogP contribution >= 0.6 is 15.9 Å². The number of likely N-dealkylation sites (tertiary alicyclic amines) is 1. The normalized spacial score (nSPS) is 16.8. The smallest absolute Gasteiger partial charge is 0.164 e. The monoisotopic (exact) mass is 363 g/mol. The molecule has 22 heavy (non-hydrogen) atoms. The van der Waals surface area contributed by atoms with E-state index in [0.29, 0.717) is 12.5 Å². The zero-order valence-electron chi connectivity index (χ0n) is 12.5. The lowest BCUT2D eigenvalue weighted by molar-refractivity contribution is 0.208. The second-order valence-electron chi connectivity index (χ2n) is 5.59. The molecule has 0 spiro atoms. The van der Waals surface area contributed by atoms with Crippen molar-refractivity contribution in [2.75, 3.05) is 31.5 Å². The minimum Gasteiger partial charge on any atom is -0.369 e. The van der Waals surface area contributed by atoms with Gasteiger partial charge in [0.2, 0.25) is 0 Å². The van der Waals surface area contributed by atoms with E-state index in [0.717, 1.165) is 53.9 Å². The zero-order valence-corrected chi connectivity index (χ0v) is 14.0. The van der Waals surface area contributed by atoms with Crippen LogP contribution in [-0.4, -0.2) is 50.8 Å². The number of fused-ring (bicyclic) bond motifs is 1. The number of hydrogen-bond acceptors (Lipinski definition) is 6. The Morgan fingerprint density at radius 1 is 1.41 bits per heavy atom. The number of nitrogens with one attached hydrogen (secondary N) is 1. The van der Waals surface area contributed by atoms with Crippen molar-refractivity contribution >= 4 is 32.8 Å². The highest BCUT2D eigenvalue weighted by molar-refractivity contribution is 9.10. The molecule has 1 fully saturated rings. The topological polar surface area (TPSA) is 82.7 Å². The maximum Gasteiger partial charge on any atom is 0.164 e. The molecule has 1 aliphatic heterocycles. The second-order valence-corrected chi connectivity index (χ2v) is 6.34. The van der Waals surface area contributed by atoms with Crippen LogP contribution in [0.25, 0.3) is 11.0 Å². The Bertz CT molecular complexity index is 697. The highest BCUT2D eigenvalue weighted by Crippen LogP contribution is 2.27. The van der Waals surface area contributed by atoms with Crippen LogP contribution in [0.2, 0.25) is 0 Å². The summed E-state index contributed by atoms with van der Waals surface area (Å²) in [6.45, 7) is 3.41. The number of halogens is 1. The van der Waals surface area contributed by atoms with E-state index in [9.17, 15) is 0 Å². The second kappa shape index (κ2) is 6.58. The van der Waals surface area contributed by atoms with Gasteiger partial charge in [-0.3, -0.25) is 4.90 Å². The number of piperidine rings is 1. The summed E-state index contributed by atoms with van der Waals surface area (Å²) in [6, 6.07) is 2.22. The van der Waals surface area contributed by atoms with Crippen molar-refractivity contribution in [3.63, 3.8) is 0 Å². The molecule has 3 rings (SSSR count). The number of aromatic nitrogens is 4. The van der Waals surface area contributed by atoms with Gasteiger partial charge in [0.1, 0.15) is 16.7 Å². The van der Waals surface area contributed by atoms with Gasteiger partial charge in [0.15, 0.2) is 5.65 Å². The van der Waals surface area contributed by atoms with Crippen molar-refractivity contribution in [2.45, 2.75) is 12.8 Å². The Hall–Kier alpha value is -1.72. The number of aryl methyl sites for hydroxylation is 1. The number of rotatable bonds is 4. The molecule has 7 nitrogen and oxygen atoms in total. The SMILES string of the molecule is Cn1nc(Br)c2c(NCC3CCN(CC#N)CC3)ncnc21. The van der Waals surface area contributed by atoms with E-state index >= 15 is 0 Å². The molecule has 116 valence electrons. The Labute approximate surface area is 137 Å². The average Bonchev–Trinajstić information content (AvgIpc) is 2.82. The van der Waals surface area contributed by atoms with Gasteiger partial charge in [-0.05, 0) is 47.8 Å². The van der Waals surface area contributed by atoms with Crippen LogP contribution in [0.4, 0.5) is 5.82 Å². The molecule has 0 atom stereocenters. The van der Waals surface area contributed by atoms with E-state index < -0.39 is 0 Å². The zero-order chi connectivity index (χ0) is 15.5. The van der Waals surface area contributed by atoms with Gasteiger partial charge in [0, 0.05) is 13.6 Å². The summed E-state index contributed by atoms with van der Waals surface area (Å²) < 4.78 is 2.50. The molecule has 0 saturated carbocycles. The third-order valence-electron chi connectivity index (χ3n) is 4.14. The van der Waals surface area contributed by atoms with Gasteiger partial charge in [-0.15, -0.1) is 0 Å². The molecular weight excluding hydrogens is 346 g/mol. The molecule has 2 aromatic heterocycles. The highest BCUT2D eigenvalue weighted by Gasteiger charge is 2.20. The molecule has 0 aliphatic carbocycles. The van der Waals surface area contributed by atoms with Gasteiger partial charge in [-0.25, -0.2) is 14.6 Å². The Balaban J connectivity index is 1.64. The van der Waals surface area contributed by atoms with Crippen LogP contribution in [0.1, 0.15) is 12.8 Å². The fourth-order valence-electron chi connectivity index (χ4n) is 2.86. The van der Waals surface area contributed by atoms with Crippen molar-refractivity contribution in [1.82, 2.24) is 24.6 Å². The number of hydrogen-bond donors (Lipinski definition) is 1. The van der Waals surface area contributed by atoms with Crippen LogP contribution in [0.3, 0.4) is 0 Å². The largest absolute Gasteiger partial charge is 0.369 e. The summed E-state index contributed by atoms with van der Waals surface area (Å²) in [5, 5.41) is 17.4. The first kappa shape index (κ1) is 15.2. The average molecular weight is 364 g/mol. The quantitative estimate of drug-likeness (QED) is 0.833. The van der Waals surface area contributed by atoms with E-state index in [-0.39, 0.29) is 0 Å². The Morgan fingerprint density at radius 3 is 2.91 bits per heavy atom. The van der Waals surface area contributed by atoms with E-state index in [4.69, 9.17) is 5.26 Å². The van der Waals surface area contributed by atoms with Crippen LogP contribution in [0, 0.1) is 17.2 Å². The summed E-state index contributed by atoms with van der Waals surface area (Å²) in [6.07, 6.45) is 3.78. The summed E-state index contributed by atoms with van der Waals surface area (Å²) in [7, 11) is 1.87. The van der Waals surface area contributed by atoms with Crippen molar-refractivity contribution in [2.24, 2.45) is 13.0 Å². The van der Waals surface area contributed by atoms with Crippen molar-refractivity contribution < 1.29 is 0 Å². The molecule has 1 N–H and O–H groups in total. The molecule has 1 aliphatic rings. The molecule has 0 radical (unpaired) electrons. The summed E-state index contributed by atoms with van der Waals surface area (Å²) >= 11 is 3.47.